The maximum Gasteiger partial charge on any atom is 0.291 e. The lowest BCUT2D eigenvalue weighted by Gasteiger charge is -2.08. The van der Waals surface area contributed by atoms with Crippen LogP contribution >= 0.6 is 0 Å². The van der Waals surface area contributed by atoms with Crippen molar-refractivity contribution in [3.8, 4) is 17.2 Å². The number of fused-ring (bicyclic) bond motifs is 1. The van der Waals surface area contributed by atoms with Crippen molar-refractivity contribution in [1.29, 1.82) is 0 Å². The molecule has 0 saturated carbocycles. The summed E-state index contributed by atoms with van der Waals surface area (Å²) in [5, 5.41) is 1.62. The SMILES string of the molecule is O=C(Nc1c(F)c(F)c(F)c(F)c1F)c1ccc(COc2ccc3c(c2)OCO3)o1. The molecule has 0 aliphatic carbocycles. The van der Waals surface area contributed by atoms with E-state index in [4.69, 9.17) is 18.6 Å². The van der Waals surface area contributed by atoms with Gasteiger partial charge in [0.15, 0.2) is 40.5 Å². The second-order valence-corrected chi connectivity index (χ2v) is 5.97. The Labute approximate surface area is 164 Å². The van der Waals surface area contributed by atoms with E-state index in [0.29, 0.717) is 17.2 Å². The fraction of sp³-hybridized carbons (Fsp3) is 0.105. The Morgan fingerprint density at radius 2 is 1.57 bits per heavy atom. The van der Waals surface area contributed by atoms with Gasteiger partial charge in [0.2, 0.25) is 12.6 Å². The van der Waals surface area contributed by atoms with Gasteiger partial charge in [-0.2, -0.15) is 0 Å². The number of nitrogens with one attached hydrogen (secondary N) is 1. The first-order valence-corrected chi connectivity index (χ1v) is 8.29. The summed E-state index contributed by atoms with van der Waals surface area (Å²) >= 11 is 0. The van der Waals surface area contributed by atoms with Crippen LogP contribution in [-0.4, -0.2) is 12.7 Å². The third-order valence-corrected chi connectivity index (χ3v) is 4.06. The highest BCUT2D eigenvalue weighted by Gasteiger charge is 2.27. The maximum atomic E-state index is 13.7. The van der Waals surface area contributed by atoms with Crippen LogP contribution in [0.1, 0.15) is 16.3 Å². The van der Waals surface area contributed by atoms with Crippen molar-refractivity contribution in [2.75, 3.05) is 12.1 Å². The molecule has 0 unspecified atom stereocenters. The molecule has 156 valence electrons. The molecule has 4 rings (SSSR count). The van der Waals surface area contributed by atoms with Crippen molar-refractivity contribution in [1.82, 2.24) is 0 Å². The van der Waals surface area contributed by atoms with Gasteiger partial charge in [0, 0.05) is 6.07 Å². The van der Waals surface area contributed by atoms with Gasteiger partial charge in [0.1, 0.15) is 23.8 Å². The monoisotopic (exact) mass is 427 g/mol. The summed E-state index contributed by atoms with van der Waals surface area (Å²) in [4.78, 5) is 12.1. The van der Waals surface area contributed by atoms with Crippen LogP contribution in [0, 0.1) is 29.1 Å². The van der Waals surface area contributed by atoms with E-state index in [1.807, 2.05) is 0 Å². The second kappa shape index (κ2) is 7.58. The van der Waals surface area contributed by atoms with Crippen molar-refractivity contribution < 1.29 is 45.4 Å². The highest BCUT2D eigenvalue weighted by molar-refractivity contribution is 6.02. The molecule has 3 aromatic rings. The van der Waals surface area contributed by atoms with Crippen LogP contribution in [0.2, 0.25) is 0 Å². The van der Waals surface area contributed by atoms with Gasteiger partial charge in [-0.05, 0) is 24.3 Å². The Morgan fingerprint density at radius 3 is 2.30 bits per heavy atom. The smallest absolute Gasteiger partial charge is 0.291 e. The number of furan rings is 1. The number of benzene rings is 2. The van der Waals surface area contributed by atoms with E-state index in [2.05, 4.69) is 0 Å². The molecule has 0 spiro atoms. The zero-order chi connectivity index (χ0) is 21.4. The van der Waals surface area contributed by atoms with E-state index >= 15 is 0 Å². The van der Waals surface area contributed by atoms with E-state index in [9.17, 15) is 26.7 Å². The number of anilines is 1. The quantitative estimate of drug-likeness (QED) is 0.368. The standard InChI is InChI=1S/C19H10F5NO5/c20-13-14(21)16(23)18(17(24)15(13)22)25-19(26)11-4-2-9(30-11)6-27-8-1-3-10-12(5-8)29-7-28-10/h1-5H,6-7H2,(H,25,26). The third-order valence-electron chi connectivity index (χ3n) is 4.06. The Morgan fingerprint density at radius 1 is 0.900 bits per heavy atom. The molecule has 0 bridgehead atoms. The van der Waals surface area contributed by atoms with Crippen LogP contribution in [0.15, 0.2) is 34.7 Å². The van der Waals surface area contributed by atoms with Gasteiger partial charge in [-0.3, -0.25) is 4.79 Å². The second-order valence-electron chi connectivity index (χ2n) is 5.97. The average Bonchev–Trinajstić information content (AvgIpc) is 3.41. The summed E-state index contributed by atoms with van der Waals surface area (Å²) < 4.78 is 88.0. The van der Waals surface area contributed by atoms with E-state index < -0.39 is 46.4 Å². The van der Waals surface area contributed by atoms with Crippen molar-refractivity contribution >= 4 is 11.6 Å². The van der Waals surface area contributed by atoms with Gasteiger partial charge in [-0.15, -0.1) is 0 Å². The van der Waals surface area contributed by atoms with Gasteiger partial charge in [-0.25, -0.2) is 22.0 Å². The first-order chi connectivity index (χ1) is 14.3. The minimum absolute atomic E-state index is 0.0957. The molecule has 0 atom stereocenters. The number of hydrogen-bond donors (Lipinski definition) is 1. The summed E-state index contributed by atoms with van der Waals surface area (Å²) in [5.41, 5.74) is -1.48. The highest BCUT2D eigenvalue weighted by Crippen LogP contribution is 2.35. The fourth-order valence-corrected chi connectivity index (χ4v) is 2.59. The molecule has 1 N–H and O–H groups in total. The Hall–Kier alpha value is -3.76. The molecule has 2 aromatic carbocycles. The molecule has 1 amide bonds. The summed E-state index contributed by atoms with van der Waals surface area (Å²) in [7, 11) is 0. The predicted octanol–water partition coefficient (Wildman–Crippen LogP) is 4.54. The van der Waals surface area contributed by atoms with Crippen molar-refractivity contribution in [3.63, 3.8) is 0 Å². The molecule has 1 aliphatic heterocycles. The lowest BCUT2D eigenvalue weighted by atomic mass is 10.2. The zero-order valence-electron chi connectivity index (χ0n) is 14.7. The first kappa shape index (κ1) is 19.6. The van der Waals surface area contributed by atoms with Crippen LogP contribution < -0.4 is 19.5 Å². The van der Waals surface area contributed by atoms with Crippen LogP contribution in [-0.2, 0) is 6.61 Å². The number of rotatable bonds is 5. The number of carbonyl (C=O) groups excluding carboxylic acids is 1. The lowest BCUT2D eigenvalue weighted by molar-refractivity contribution is 0.0991. The minimum Gasteiger partial charge on any atom is -0.486 e. The zero-order valence-corrected chi connectivity index (χ0v) is 14.7. The summed E-state index contributed by atoms with van der Waals surface area (Å²) in [5.74, 6) is -11.0. The maximum absolute atomic E-state index is 13.7. The largest absolute Gasteiger partial charge is 0.486 e. The van der Waals surface area contributed by atoms with Gasteiger partial charge < -0.3 is 23.9 Å². The van der Waals surface area contributed by atoms with E-state index in [-0.39, 0.29) is 19.2 Å². The van der Waals surface area contributed by atoms with Gasteiger partial charge in [0.05, 0.1) is 0 Å². The van der Waals surface area contributed by atoms with Crippen LogP contribution in [0.3, 0.4) is 0 Å². The van der Waals surface area contributed by atoms with Crippen molar-refractivity contribution in [3.05, 3.63) is 70.9 Å². The third kappa shape index (κ3) is 3.49. The predicted molar refractivity (Wildman–Crippen MR) is 89.8 cm³/mol. The molecule has 11 heteroatoms. The number of hydrogen-bond acceptors (Lipinski definition) is 5. The van der Waals surface area contributed by atoms with Crippen LogP contribution in [0.4, 0.5) is 27.6 Å². The van der Waals surface area contributed by atoms with E-state index in [1.165, 1.54) is 6.07 Å². The molecular formula is C19H10F5NO5. The molecule has 0 fully saturated rings. The van der Waals surface area contributed by atoms with Crippen molar-refractivity contribution in [2.24, 2.45) is 0 Å². The van der Waals surface area contributed by atoms with Crippen molar-refractivity contribution in [2.45, 2.75) is 6.61 Å². The first-order valence-electron chi connectivity index (χ1n) is 8.29. The Balaban J connectivity index is 1.45. The highest BCUT2D eigenvalue weighted by atomic mass is 19.2. The lowest BCUT2D eigenvalue weighted by Crippen LogP contribution is -2.16. The molecule has 1 aromatic heterocycles. The van der Waals surface area contributed by atoms with E-state index in [1.54, 1.807) is 23.5 Å². The molecule has 0 saturated heterocycles. The molecule has 0 radical (unpaired) electrons. The summed E-state index contributed by atoms with van der Waals surface area (Å²) in [6, 6.07) is 7.35. The minimum atomic E-state index is -2.33. The van der Waals surface area contributed by atoms with Gasteiger partial charge in [-0.1, -0.05) is 0 Å². The number of amides is 1. The van der Waals surface area contributed by atoms with Gasteiger partial charge in [0.25, 0.3) is 5.91 Å². The molecule has 6 nitrogen and oxygen atoms in total. The molecule has 2 heterocycles. The fourth-order valence-electron chi connectivity index (χ4n) is 2.59. The normalized spacial score (nSPS) is 12.2. The molecule has 30 heavy (non-hydrogen) atoms. The summed E-state index contributed by atoms with van der Waals surface area (Å²) in [6.07, 6.45) is 0. The number of carbonyl (C=O) groups is 1. The van der Waals surface area contributed by atoms with Gasteiger partial charge >= 0.3 is 0 Å². The summed E-state index contributed by atoms with van der Waals surface area (Å²) in [6.45, 7) is -0.0199. The van der Waals surface area contributed by atoms with E-state index in [0.717, 1.165) is 6.07 Å². The molecular weight excluding hydrogens is 417 g/mol. The number of halogens is 5. The Kier molecular flexibility index (Phi) is 4.94. The molecule has 1 aliphatic rings. The average molecular weight is 427 g/mol. The topological polar surface area (TPSA) is 69.9 Å². The number of ether oxygens (including phenoxy) is 3. The van der Waals surface area contributed by atoms with Crippen LogP contribution in [0.5, 0.6) is 17.2 Å². The Bertz CT molecular complexity index is 1120. The van der Waals surface area contributed by atoms with Crippen LogP contribution in [0.25, 0.3) is 0 Å².